The quantitative estimate of drug-likeness (QED) is 0.527. The molecule has 24 heavy (non-hydrogen) atoms. The summed E-state index contributed by atoms with van der Waals surface area (Å²) in [4.78, 5) is 39.6. The summed E-state index contributed by atoms with van der Waals surface area (Å²) in [6.07, 6.45) is 1.19. The van der Waals surface area contributed by atoms with Crippen LogP contribution in [0.1, 0.15) is 20.7 Å². The highest BCUT2D eigenvalue weighted by atomic mass is 16.2. The molecule has 0 radical (unpaired) electrons. The van der Waals surface area contributed by atoms with Crippen molar-refractivity contribution in [1.29, 1.82) is 0 Å². The third kappa shape index (κ3) is 2.42. The first-order chi connectivity index (χ1) is 11.4. The van der Waals surface area contributed by atoms with Crippen molar-refractivity contribution in [2.24, 2.45) is 0 Å². The van der Waals surface area contributed by atoms with Gasteiger partial charge in [0.15, 0.2) is 0 Å². The fourth-order valence-corrected chi connectivity index (χ4v) is 2.90. The van der Waals surface area contributed by atoms with E-state index in [2.05, 4.69) is 6.58 Å². The van der Waals surface area contributed by atoms with Crippen LogP contribution in [0.2, 0.25) is 0 Å². The van der Waals surface area contributed by atoms with Gasteiger partial charge in [0.2, 0.25) is 5.91 Å². The molecule has 122 valence electrons. The molecular weight excluding hydrogens is 306 g/mol. The first-order valence-corrected chi connectivity index (χ1v) is 7.50. The normalized spacial score (nSPS) is 13.3. The van der Waals surface area contributed by atoms with Gasteiger partial charge in [-0.3, -0.25) is 19.3 Å². The largest absolute Gasteiger partial charge is 0.399 e. The topological polar surface area (TPSA) is 83.7 Å². The SMILES string of the molecule is C=CC(=O)N(C)CCN1C(=O)c2cccc3cc(N)cc(c23)C1=O. The fourth-order valence-electron chi connectivity index (χ4n) is 2.90. The van der Waals surface area contributed by atoms with Crippen molar-refractivity contribution < 1.29 is 14.4 Å². The van der Waals surface area contributed by atoms with Gasteiger partial charge in [-0.2, -0.15) is 0 Å². The van der Waals surface area contributed by atoms with E-state index in [0.29, 0.717) is 22.2 Å². The van der Waals surface area contributed by atoms with E-state index in [-0.39, 0.29) is 24.9 Å². The number of nitrogens with zero attached hydrogens (tertiary/aromatic N) is 2. The second-order valence-corrected chi connectivity index (χ2v) is 5.70. The molecule has 0 aromatic heterocycles. The Balaban J connectivity index is 1.98. The van der Waals surface area contributed by atoms with Gasteiger partial charge in [0.1, 0.15) is 0 Å². The van der Waals surface area contributed by atoms with E-state index in [9.17, 15) is 14.4 Å². The van der Waals surface area contributed by atoms with Gasteiger partial charge in [-0.05, 0) is 29.7 Å². The van der Waals surface area contributed by atoms with Crippen LogP contribution >= 0.6 is 0 Å². The zero-order chi connectivity index (χ0) is 17.4. The third-order valence-electron chi connectivity index (χ3n) is 4.16. The molecule has 0 atom stereocenters. The van der Waals surface area contributed by atoms with Gasteiger partial charge >= 0.3 is 0 Å². The summed E-state index contributed by atoms with van der Waals surface area (Å²) < 4.78 is 0. The van der Waals surface area contributed by atoms with Crippen LogP contribution in [0.3, 0.4) is 0 Å². The molecule has 3 amide bonds. The van der Waals surface area contributed by atoms with E-state index in [1.807, 2.05) is 6.07 Å². The number of likely N-dealkylation sites (N-methyl/N-ethyl adjacent to an activating group) is 1. The maximum Gasteiger partial charge on any atom is 0.261 e. The molecule has 1 aliphatic heterocycles. The van der Waals surface area contributed by atoms with Crippen molar-refractivity contribution in [3.8, 4) is 0 Å². The molecule has 2 aromatic carbocycles. The van der Waals surface area contributed by atoms with Crippen LogP contribution in [-0.2, 0) is 4.79 Å². The van der Waals surface area contributed by atoms with E-state index in [1.165, 1.54) is 11.0 Å². The zero-order valence-corrected chi connectivity index (χ0v) is 13.3. The number of carbonyl (C=O) groups excluding carboxylic acids is 3. The average Bonchev–Trinajstić information content (AvgIpc) is 2.57. The monoisotopic (exact) mass is 323 g/mol. The van der Waals surface area contributed by atoms with Gasteiger partial charge < -0.3 is 10.6 Å². The van der Waals surface area contributed by atoms with E-state index in [0.717, 1.165) is 10.3 Å². The third-order valence-corrected chi connectivity index (χ3v) is 4.16. The maximum atomic E-state index is 12.7. The molecule has 1 aliphatic rings. The molecular formula is C18H17N3O3. The first kappa shape index (κ1) is 15.7. The average molecular weight is 323 g/mol. The Hall–Kier alpha value is -3.15. The molecule has 6 heteroatoms. The maximum absolute atomic E-state index is 12.7. The Labute approximate surface area is 139 Å². The summed E-state index contributed by atoms with van der Waals surface area (Å²) in [6, 6.07) is 8.62. The number of imide groups is 1. The summed E-state index contributed by atoms with van der Waals surface area (Å²) in [5, 5.41) is 1.40. The summed E-state index contributed by atoms with van der Waals surface area (Å²) in [7, 11) is 1.59. The number of hydrogen-bond acceptors (Lipinski definition) is 4. The smallest absolute Gasteiger partial charge is 0.261 e. The summed E-state index contributed by atoms with van der Waals surface area (Å²) in [5.41, 5.74) is 7.23. The van der Waals surface area contributed by atoms with Gasteiger partial charge in [-0.15, -0.1) is 0 Å². The van der Waals surface area contributed by atoms with Crippen molar-refractivity contribution in [3.05, 3.63) is 54.1 Å². The Morgan fingerprint density at radius 2 is 1.96 bits per heavy atom. The molecule has 0 bridgehead atoms. The van der Waals surface area contributed by atoms with Crippen molar-refractivity contribution in [2.75, 3.05) is 25.9 Å². The minimum Gasteiger partial charge on any atom is -0.399 e. The molecule has 2 N–H and O–H groups in total. The van der Waals surface area contributed by atoms with E-state index >= 15 is 0 Å². The number of carbonyl (C=O) groups is 3. The lowest BCUT2D eigenvalue weighted by atomic mass is 9.93. The van der Waals surface area contributed by atoms with Crippen molar-refractivity contribution >= 4 is 34.2 Å². The van der Waals surface area contributed by atoms with Crippen molar-refractivity contribution in [3.63, 3.8) is 0 Å². The van der Waals surface area contributed by atoms with Crippen molar-refractivity contribution in [2.45, 2.75) is 0 Å². The molecule has 6 nitrogen and oxygen atoms in total. The molecule has 0 unspecified atom stereocenters. The standard InChI is InChI=1S/C18H17N3O3/c1-3-15(22)20(2)7-8-21-17(23)13-6-4-5-11-9-12(19)10-14(16(11)13)18(21)24/h3-6,9-10H,1,7-8,19H2,2H3. The Morgan fingerprint density at radius 3 is 2.67 bits per heavy atom. The van der Waals surface area contributed by atoms with E-state index in [4.69, 9.17) is 5.73 Å². The van der Waals surface area contributed by atoms with Crippen LogP contribution in [0.25, 0.3) is 10.8 Å². The summed E-state index contributed by atoms with van der Waals surface area (Å²) in [5.74, 6) is -1.02. The highest BCUT2D eigenvalue weighted by Gasteiger charge is 2.33. The van der Waals surface area contributed by atoms with Crippen LogP contribution in [0, 0.1) is 0 Å². The number of nitrogens with two attached hydrogens (primary N) is 1. The number of anilines is 1. The van der Waals surface area contributed by atoms with Crippen molar-refractivity contribution in [1.82, 2.24) is 9.80 Å². The second-order valence-electron chi connectivity index (χ2n) is 5.70. The number of amides is 3. The Bertz CT molecular complexity index is 888. The van der Waals surface area contributed by atoms with E-state index in [1.54, 1.807) is 31.3 Å². The van der Waals surface area contributed by atoms with Crippen LogP contribution in [0.5, 0.6) is 0 Å². The predicted molar refractivity (Wildman–Crippen MR) is 91.6 cm³/mol. The van der Waals surface area contributed by atoms with Crippen LogP contribution in [0.4, 0.5) is 5.69 Å². The summed E-state index contributed by atoms with van der Waals surface area (Å²) in [6.45, 7) is 3.76. The number of hydrogen-bond donors (Lipinski definition) is 1. The van der Waals surface area contributed by atoms with Gasteiger partial charge in [-0.1, -0.05) is 18.7 Å². The van der Waals surface area contributed by atoms with Crippen LogP contribution in [-0.4, -0.2) is 47.7 Å². The molecule has 0 saturated carbocycles. The zero-order valence-electron chi connectivity index (χ0n) is 13.3. The Kier molecular flexibility index (Phi) is 3.81. The molecule has 2 aromatic rings. The second kappa shape index (κ2) is 5.81. The predicted octanol–water partition coefficient (Wildman–Crippen LogP) is 1.66. The molecule has 3 rings (SSSR count). The lowest BCUT2D eigenvalue weighted by Crippen LogP contribution is -2.44. The number of benzene rings is 2. The first-order valence-electron chi connectivity index (χ1n) is 7.50. The van der Waals surface area contributed by atoms with Crippen LogP contribution < -0.4 is 5.73 Å². The number of nitrogen functional groups attached to an aromatic ring is 1. The highest BCUT2D eigenvalue weighted by molar-refractivity contribution is 6.25. The van der Waals surface area contributed by atoms with Crippen LogP contribution in [0.15, 0.2) is 43.0 Å². The highest BCUT2D eigenvalue weighted by Crippen LogP contribution is 2.31. The fraction of sp³-hybridized carbons (Fsp3) is 0.167. The lowest BCUT2D eigenvalue weighted by Gasteiger charge is -2.28. The molecule has 0 fully saturated rings. The molecule has 0 spiro atoms. The molecule has 0 aliphatic carbocycles. The van der Waals surface area contributed by atoms with Gasteiger partial charge in [0, 0.05) is 36.8 Å². The minimum atomic E-state index is -0.393. The lowest BCUT2D eigenvalue weighted by molar-refractivity contribution is -0.124. The van der Waals surface area contributed by atoms with E-state index < -0.39 is 5.91 Å². The molecule has 0 saturated heterocycles. The van der Waals surface area contributed by atoms with Gasteiger partial charge in [0.05, 0.1) is 5.56 Å². The van der Waals surface area contributed by atoms with Gasteiger partial charge in [0.25, 0.3) is 11.8 Å². The van der Waals surface area contributed by atoms with Gasteiger partial charge in [-0.25, -0.2) is 0 Å². The number of rotatable bonds is 4. The summed E-state index contributed by atoms with van der Waals surface area (Å²) >= 11 is 0. The Morgan fingerprint density at radius 1 is 1.25 bits per heavy atom. The molecule has 1 heterocycles. The minimum absolute atomic E-state index is 0.109.